The fourth-order valence-electron chi connectivity index (χ4n) is 3.30. The number of hydrogen-bond donors (Lipinski definition) is 1. The molecule has 2 atom stereocenters. The lowest BCUT2D eigenvalue weighted by atomic mass is 9.81. The van der Waals surface area contributed by atoms with E-state index in [1.165, 1.54) is 37.7 Å². The number of ether oxygens (including phenoxy) is 1. The van der Waals surface area contributed by atoms with Gasteiger partial charge in [-0.3, -0.25) is 0 Å². The van der Waals surface area contributed by atoms with E-state index in [2.05, 4.69) is 32.0 Å². The van der Waals surface area contributed by atoms with Gasteiger partial charge in [-0.15, -0.1) is 0 Å². The molecule has 2 unspecified atom stereocenters. The third kappa shape index (κ3) is 3.37. The highest BCUT2D eigenvalue weighted by atomic mass is 16.5. The topological polar surface area (TPSA) is 29.5 Å². The summed E-state index contributed by atoms with van der Waals surface area (Å²) in [4.78, 5) is 0. The Morgan fingerprint density at radius 2 is 1.84 bits per heavy atom. The molecule has 1 aromatic rings. The Kier molecular flexibility index (Phi) is 5.00. The average molecular weight is 262 g/mol. The molecule has 19 heavy (non-hydrogen) atoms. The van der Waals surface area contributed by atoms with E-state index in [1.807, 2.05) is 0 Å². The Hall–Kier alpha value is -0.860. The fourth-order valence-corrected chi connectivity index (χ4v) is 3.30. The Labute approximate surface area is 116 Å². The minimum atomic E-state index is -0.506. The van der Waals surface area contributed by atoms with E-state index in [-0.39, 0.29) is 6.10 Å². The van der Waals surface area contributed by atoms with Gasteiger partial charge in [0.15, 0.2) is 0 Å². The minimum absolute atomic E-state index is 0.0687. The van der Waals surface area contributed by atoms with E-state index >= 15 is 0 Å². The van der Waals surface area contributed by atoms with Crippen LogP contribution in [0.3, 0.4) is 0 Å². The Morgan fingerprint density at radius 3 is 2.47 bits per heavy atom. The zero-order valence-electron chi connectivity index (χ0n) is 12.4. The van der Waals surface area contributed by atoms with Crippen LogP contribution in [-0.2, 0) is 4.74 Å². The normalized spacial score (nSPS) is 20.2. The number of benzene rings is 1. The second-order valence-electron chi connectivity index (χ2n) is 5.90. The first-order chi connectivity index (χ1) is 9.13. The van der Waals surface area contributed by atoms with Crippen molar-refractivity contribution in [3.05, 3.63) is 34.9 Å². The summed E-state index contributed by atoms with van der Waals surface area (Å²) in [5, 5.41) is 10.7. The molecular weight excluding hydrogens is 236 g/mol. The number of rotatable bonds is 4. The Balaban J connectivity index is 2.19. The Bertz CT molecular complexity index is 408. The van der Waals surface area contributed by atoms with Crippen LogP contribution in [0.2, 0.25) is 0 Å². The quantitative estimate of drug-likeness (QED) is 0.890. The second-order valence-corrected chi connectivity index (χ2v) is 5.90. The zero-order chi connectivity index (χ0) is 13.8. The van der Waals surface area contributed by atoms with Gasteiger partial charge >= 0.3 is 0 Å². The summed E-state index contributed by atoms with van der Waals surface area (Å²) in [6.07, 6.45) is 5.65. The zero-order valence-corrected chi connectivity index (χ0v) is 12.4. The Morgan fingerprint density at radius 1 is 1.16 bits per heavy atom. The predicted molar refractivity (Wildman–Crippen MR) is 78.2 cm³/mol. The van der Waals surface area contributed by atoms with Gasteiger partial charge in [0.05, 0.1) is 6.10 Å². The molecule has 1 aliphatic carbocycles. The van der Waals surface area contributed by atoms with Crippen molar-refractivity contribution in [3.8, 4) is 0 Å². The van der Waals surface area contributed by atoms with Gasteiger partial charge in [-0.1, -0.05) is 43.0 Å². The summed E-state index contributed by atoms with van der Waals surface area (Å²) in [5.74, 6) is 0.494. The van der Waals surface area contributed by atoms with Gasteiger partial charge in [0.1, 0.15) is 6.10 Å². The van der Waals surface area contributed by atoms with Crippen molar-refractivity contribution >= 4 is 0 Å². The molecule has 0 heterocycles. The van der Waals surface area contributed by atoms with Crippen molar-refractivity contribution in [1.82, 2.24) is 0 Å². The van der Waals surface area contributed by atoms with Crippen LogP contribution < -0.4 is 0 Å². The number of methoxy groups -OCH3 is 1. The van der Waals surface area contributed by atoms with Gasteiger partial charge in [-0.05, 0) is 43.7 Å². The lowest BCUT2D eigenvalue weighted by Gasteiger charge is -2.33. The largest absolute Gasteiger partial charge is 0.386 e. The molecule has 0 aliphatic heterocycles. The van der Waals surface area contributed by atoms with Crippen LogP contribution in [0.15, 0.2) is 18.2 Å². The summed E-state index contributed by atoms with van der Waals surface area (Å²) in [5.41, 5.74) is 3.37. The molecule has 1 aromatic carbocycles. The molecule has 0 saturated heterocycles. The highest BCUT2D eigenvalue weighted by molar-refractivity contribution is 5.32. The van der Waals surface area contributed by atoms with Crippen LogP contribution in [0.25, 0.3) is 0 Å². The third-order valence-corrected chi connectivity index (χ3v) is 4.45. The lowest BCUT2D eigenvalue weighted by Crippen LogP contribution is -2.31. The number of aliphatic hydroxyl groups excluding tert-OH is 1. The molecule has 0 radical (unpaired) electrons. The van der Waals surface area contributed by atoms with Crippen molar-refractivity contribution in [2.75, 3.05) is 7.11 Å². The van der Waals surface area contributed by atoms with Crippen LogP contribution >= 0.6 is 0 Å². The second kappa shape index (κ2) is 6.53. The van der Waals surface area contributed by atoms with Crippen LogP contribution in [0.1, 0.15) is 54.9 Å². The van der Waals surface area contributed by atoms with Gasteiger partial charge in [0.25, 0.3) is 0 Å². The smallest absolute Gasteiger partial charge is 0.106 e. The molecule has 1 fully saturated rings. The molecule has 0 spiro atoms. The van der Waals surface area contributed by atoms with Gasteiger partial charge in [0, 0.05) is 7.11 Å². The molecule has 2 heteroatoms. The van der Waals surface area contributed by atoms with E-state index in [0.29, 0.717) is 5.92 Å². The van der Waals surface area contributed by atoms with Crippen LogP contribution in [0.5, 0.6) is 0 Å². The SMILES string of the molecule is COC(C1CCCCC1)C(O)c1cc(C)ccc1C. The van der Waals surface area contributed by atoms with Crippen molar-refractivity contribution < 1.29 is 9.84 Å². The first-order valence-electron chi connectivity index (χ1n) is 7.41. The van der Waals surface area contributed by atoms with E-state index < -0.39 is 6.10 Å². The highest BCUT2D eigenvalue weighted by Crippen LogP contribution is 2.35. The first-order valence-corrected chi connectivity index (χ1v) is 7.41. The lowest BCUT2D eigenvalue weighted by molar-refractivity contribution is -0.0561. The summed E-state index contributed by atoms with van der Waals surface area (Å²) >= 11 is 0. The molecule has 0 bridgehead atoms. The van der Waals surface area contributed by atoms with E-state index in [1.54, 1.807) is 7.11 Å². The molecule has 2 rings (SSSR count). The van der Waals surface area contributed by atoms with Crippen LogP contribution in [0, 0.1) is 19.8 Å². The summed E-state index contributed by atoms with van der Waals surface area (Å²) in [7, 11) is 1.73. The summed E-state index contributed by atoms with van der Waals surface area (Å²) in [6.45, 7) is 4.13. The van der Waals surface area contributed by atoms with Crippen molar-refractivity contribution in [2.24, 2.45) is 5.92 Å². The molecular formula is C17H26O2. The molecule has 106 valence electrons. The van der Waals surface area contributed by atoms with Gasteiger partial charge in [-0.25, -0.2) is 0 Å². The molecule has 0 aromatic heterocycles. The van der Waals surface area contributed by atoms with Crippen LogP contribution in [0.4, 0.5) is 0 Å². The van der Waals surface area contributed by atoms with E-state index in [4.69, 9.17) is 4.74 Å². The van der Waals surface area contributed by atoms with Gasteiger partial charge in [0.2, 0.25) is 0 Å². The number of hydrogen-bond acceptors (Lipinski definition) is 2. The fraction of sp³-hybridized carbons (Fsp3) is 0.647. The average Bonchev–Trinajstić information content (AvgIpc) is 2.43. The van der Waals surface area contributed by atoms with Crippen molar-refractivity contribution in [2.45, 2.75) is 58.2 Å². The third-order valence-electron chi connectivity index (χ3n) is 4.45. The first kappa shape index (κ1) is 14.5. The highest BCUT2D eigenvalue weighted by Gasteiger charge is 2.31. The predicted octanol–water partition coefficient (Wildman–Crippen LogP) is 3.93. The number of aryl methyl sites for hydroxylation is 2. The summed E-state index contributed by atoms with van der Waals surface area (Å²) in [6, 6.07) is 6.27. The van der Waals surface area contributed by atoms with Crippen LogP contribution in [-0.4, -0.2) is 18.3 Å². The molecule has 2 nitrogen and oxygen atoms in total. The minimum Gasteiger partial charge on any atom is -0.386 e. The maximum Gasteiger partial charge on any atom is 0.106 e. The van der Waals surface area contributed by atoms with Crippen molar-refractivity contribution in [1.29, 1.82) is 0 Å². The van der Waals surface area contributed by atoms with Gasteiger partial charge < -0.3 is 9.84 Å². The maximum atomic E-state index is 10.7. The maximum absolute atomic E-state index is 10.7. The van der Waals surface area contributed by atoms with Gasteiger partial charge in [-0.2, -0.15) is 0 Å². The number of aliphatic hydroxyl groups is 1. The molecule has 0 amide bonds. The molecule has 1 saturated carbocycles. The summed E-state index contributed by atoms with van der Waals surface area (Å²) < 4.78 is 5.65. The molecule has 1 N–H and O–H groups in total. The van der Waals surface area contributed by atoms with E-state index in [9.17, 15) is 5.11 Å². The van der Waals surface area contributed by atoms with Crippen molar-refractivity contribution in [3.63, 3.8) is 0 Å². The monoisotopic (exact) mass is 262 g/mol. The standard InChI is InChI=1S/C17H26O2/c1-12-9-10-13(2)15(11-12)16(18)17(19-3)14-7-5-4-6-8-14/h9-11,14,16-18H,4-8H2,1-3H3. The van der Waals surface area contributed by atoms with E-state index in [0.717, 1.165) is 11.1 Å². The molecule has 1 aliphatic rings.